The summed E-state index contributed by atoms with van der Waals surface area (Å²) in [6.45, 7) is 7.67. The van der Waals surface area contributed by atoms with E-state index in [4.69, 9.17) is 4.74 Å². The van der Waals surface area contributed by atoms with Gasteiger partial charge in [-0.05, 0) is 17.2 Å². The second kappa shape index (κ2) is 5.35. The van der Waals surface area contributed by atoms with Crippen LogP contribution in [0.2, 0.25) is 0 Å². The Labute approximate surface area is 129 Å². The molecule has 0 unspecified atom stereocenters. The molecule has 0 N–H and O–H groups in total. The number of nitrogens with zero attached hydrogens (tertiary/aromatic N) is 1. The van der Waals surface area contributed by atoms with Crippen LogP contribution in [-0.4, -0.2) is 10.8 Å². The van der Waals surface area contributed by atoms with Gasteiger partial charge < -0.3 is 4.74 Å². The minimum atomic E-state index is 0.0305. The van der Waals surface area contributed by atoms with Gasteiger partial charge in [-0.1, -0.05) is 32.9 Å². The quantitative estimate of drug-likeness (QED) is 0.807. The molecule has 0 atom stereocenters. The molecule has 1 aromatic heterocycles. The Kier molecular flexibility index (Phi) is 3.68. The Morgan fingerprint density at radius 2 is 2.05 bits per heavy atom. The summed E-state index contributed by atoms with van der Waals surface area (Å²) in [5, 5.41) is 2.95. The van der Waals surface area contributed by atoms with Crippen LogP contribution in [0.1, 0.15) is 53.0 Å². The van der Waals surface area contributed by atoms with E-state index in [1.807, 2.05) is 18.2 Å². The van der Waals surface area contributed by atoms with Gasteiger partial charge >= 0.3 is 0 Å². The Balaban J connectivity index is 1.76. The van der Waals surface area contributed by atoms with Crippen LogP contribution in [0.5, 0.6) is 0 Å². The zero-order valence-corrected chi connectivity index (χ0v) is 13.4. The molecule has 1 aliphatic heterocycles. The molecule has 110 valence electrons. The van der Waals surface area contributed by atoms with Gasteiger partial charge in [0.15, 0.2) is 5.78 Å². The van der Waals surface area contributed by atoms with Gasteiger partial charge in [0.25, 0.3) is 0 Å². The number of fused-ring (bicyclic) bond motifs is 1. The second-order valence-corrected chi connectivity index (χ2v) is 7.40. The SMILES string of the molecule is CC(C)(C)c1csc(CC(=O)c2ccc3c(c2)COC3)n1. The molecule has 1 aliphatic rings. The van der Waals surface area contributed by atoms with Crippen molar-refractivity contribution in [2.24, 2.45) is 0 Å². The molecule has 0 saturated carbocycles. The van der Waals surface area contributed by atoms with E-state index in [0.717, 1.165) is 21.8 Å². The number of thiazole rings is 1. The molecule has 0 bridgehead atoms. The van der Waals surface area contributed by atoms with Gasteiger partial charge in [-0.15, -0.1) is 11.3 Å². The highest BCUT2D eigenvalue weighted by molar-refractivity contribution is 7.09. The average molecular weight is 301 g/mol. The lowest BCUT2D eigenvalue weighted by atomic mass is 9.93. The Morgan fingerprint density at radius 1 is 1.29 bits per heavy atom. The van der Waals surface area contributed by atoms with Crippen molar-refractivity contribution >= 4 is 17.1 Å². The summed E-state index contributed by atoms with van der Waals surface area (Å²) in [6.07, 6.45) is 0.375. The predicted molar refractivity (Wildman–Crippen MR) is 83.8 cm³/mol. The first-order chi connectivity index (χ1) is 9.93. The number of benzene rings is 1. The number of carbonyl (C=O) groups is 1. The molecule has 1 aromatic carbocycles. The fraction of sp³-hybridized carbons (Fsp3) is 0.412. The third kappa shape index (κ3) is 3.06. The lowest BCUT2D eigenvalue weighted by molar-refractivity contribution is 0.0992. The topological polar surface area (TPSA) is 39.2 Å². The number of hydrogen-bond donors (Lipinski definition) is 0. The van der Waals surface area contributed by atoms with Crippen molar-refractivity contribution in [2.45, 2.75) is 45.8 Å². The Bertz CT molecular complexity index is 682. The normalized spacial score (nSPS) is 14.2. The molecule has 0 aliphatic carbocycles. The van der Waals surface area contributed by atoms with Crippen molar-refractivity contribution in [3.8, 4) is 0 Å². The first-order valence-electron chi connectivity index (χ1n) is 7.11. The lowest BCUT2D eigenvalue weighted by Gasteiger charge is -2.14. The van der Waals surface area contributed by atoms with Crippen molar-refractivity contribution in [3.63, 3.8) is 0 Å². The van der Waals surface area contributed by atoms with E-state index in [9.17, 15) is 4.79 Å². The van der Waals surface area contributed by atoms with E-state index in [2.05, 4.69) is 31.1 Å². The predicted octanol–water partition coefficient (Wildman–Crippen LogP) is 3.90. The maximum Gasteiger partial charge on any atom is 0.169 e. The number of hydrogen-bond acceptors (Lipinski definition) is 4. The molecule has 3 nitrogen and oxygen atoms in total. The van der Waals surface area contributed by atoms with E-state index in [0.29, 0.717) is 19.6 Å². The molecule has 0 saturated heterocycles. The molecule has 2 heterocycles. The number of carbonyl (C=O) groups excluding carboxylic acids is 1. The highest BCUT2D eigenvalue weighted by Gasteiger charge is 2.19. The summed E-state index contributed by atoms with van der Waals surface area (Å²) in [6, 6.07) is 5.86. The fourth-order valence-electron chi connectivity index (χ4n) is 2.32. The summed E-state index contributed by atoms with van der Waals surface area (Å²) < 4.78 is 5.39. The molecular weight excluding hydrogens is 282 g/mol. The van der Waals surface area contributed by atoms with E-state index in [1.54, 1.807) is 11.3 Å². The molecule has 0 amide bonds. The van der Waals surface area contributed by atoms with Crippen molar-refractivity contribution < 1.29 is 9.53 Å². The fourth-order valence-corrected chi connectivity index (χ4v) is 3.34. The van der Waals surface area contributed by atoms with Crippen LogP contribution in [0, 0.1) is 0 Å². The Hall–Kier alpha value is -1.52. The van der Waals surface area contributed by atoms with E-state index >= 15 is 0 Å². The van der Waals surface area contributed by atoms with Crippen LogP contribution < -0.4 is 0 Å². The summed E-state index contributed by atoms with van der Waals surface area (Å²) in [5.41, 5.74) is 4.17. The second-order valence-electron chi connectivity index (χ2n) is 6.45. The summed E-state index contributed by atoms with van der Waals surface area (Å²) in [5.74, 6) is 0.125. The third-order valence-electron chi connectivity index (χ3n) is 3.68. The largest absolute Gasteiger partial charge is 0.372 e. The summed E-state index contributed by atoms with van der Waals surface area (Å²) in [4.78, 5) is 17.0. The van der Waals surface area contributed by atoms with Crippen molar-refractivity contribution in [1.29, 1.82) is 0 Å². The third-order valence-corrected chi connectivity index (χ3v) is 4.52. The maximum absolute atomic E-state index is 12.4. The summed E-state index contributed by atoms with van der Waals surface area (Å²) >= 11 is 1.57. The highest BCUT2D eigenvalue weighted by Crippen LogP contribution is 2.25. The first-order valence-corrected chi connectivity index (χ1v) is 7.99. The molecule has 0 spiro atoms. The van der Waals surface area contributed by atoms with Gasteiger partial charge in [-0.2, -0.15) is 0 Å². The number of Topliss-reactive ketones (excluding diaryl/α,β-unsaturated/α-hetero) is 1. The first kappa shape index (κ1) is 14.4. The number of aromatic nitrogens is 1. The van der Waals surface area contributed by atoms with Crippen molar-refractivity contribution in [2.75, 3.05) is 0 Å². The lowest BCUT2D eigenvalue weighted by Crippen LogP contribution is -2.12. The van der Waals surface area contributed by atoms with Crippen LogP contribution in [-0.2, 0) is 29.8 Å². The smallest absolute Gasteiger partial charge is 0.169 e. The standard InChI is InChI=1S/C17H19NO2S/c1-17(2,3)15-10-21-16(18-15)7-14(19)11-4-5-12-8-20-9-13(12)6-11/h4-6,10H,7-9H2,1-3H3. The van der Waals surface area contributed by atoms with Crippen LogP contribution >= 0.6 is 11.3 Å². The van der Waals surface area contributed by atoms with Crippen LogP contribution in [0.25, 0.3) is 0 Å². The average Bonchev–Trinajstić information content (AvgIpc) is 3.04. The summed E-state index contributed by atoms with van der Waals surface area (Å²) in [7, 11) is 0. The molecule has 0 fully saturated rings. The van der Waals surface area contributed by atoms with Gasteiger partial charge in [0.2, 0.25) is 0 Å². The molecule has 4 heteroatoms. The van der Waals surface area contributed by atoms with Crippen molar-refractivity contribution in [3.05, 3.63) is 51.0 Å². The van der Waals surface area contributed by atoms with Gasteiger partial charge in [0.05, 0.1) is 25.3 Å². The molecule has 21 heavy (non-hydrogen) atoms. The van der Waals surface area contributed by atoms with Gasteiger partial charge in [0, 0.05) is 16.4 Å². The van der Waals surface area contributed by atoms with Crippen LogP contribution in [0.3, 0.4) is 0 Å². The van der Waals surface area contributed by atoms with E-state index in [-0.39, 0.29) is 11.2 Å². The number of rotatable bonds is 3. The van der Waals surface area contributed by atoms with Gasteiger partial charge in [0.1, 0.15) is 5.01 Å². The van der Waals surface area contributed by atoms with Crippen LogP contribution in [0.4, 0.5) is 0 Å². The minimum absolute atomic E-state index is 0.0305. The molecule has 2 aromatic rings. The van der Waals surface area contributed by atoms with Gasteiger partial charge in [-0.3, -0.25) is 4.79 Å². The molecular formula is C17H19NO2S. The maximum atomic E-state index is 12.4. The van der Waals surface area contributed by atoms with Crippen LogP contribution in [0.15, 0.2) is 23.6 Å². The number of ether oxygens (including phenoxy) is 1. The van der Waals surface area contributed by atoms with Crippen molar-refractivity contribution in [1.82, 2.24) is 4.98 Å². The monoisotopic (exact) mass is 301 g/mol. The van der Waals surface area contributed by atoms with E-state index < -0.39 is 0 Å². The minimum Gasteiger partial charge on any atom is -0.372 e. The Morgan fingerprint density at radius 3 is 2.76 bits per heavy atom. The molecule has 0 radical (unpaired) electrons. The van der Waals surface area contributed by atoms with Gasteiger partial charge in [-0.25, -0.2) is 4.98 Å². The number of ketones is 1. The molecule has 3 rings (SSSR count). The highest BCUT2D eigenvalue weighted by atomic mass is 32.1. The zero-order chi connectivity index (χ0) is 15.0. The zero-order valence-electron chi connectivity index (χ0n) is 12.6. The van der Waals surface area contributed by atoms with E-state index in [1.165, 1.54) is 5.56 Å².